The van der Waals surface area contributed by atoms with Gasteiger partial charge in [0.2, 0.25) is 0 Å². The number of ether oxygens (including phenoxy) is 1. The highest BCUT2D eigenvalue weighted by atomic mass is 32.2. The third-order valence-electron chi connectivity index (χ3n) is 4.51. The summed E-state index contributed by atoms with van der Waals surface area (Å²) < 4.78 is 5.49. The van der Waals surface area contributed by atoms with Gasteiger partial charge in [-0.25, -0.2) is 9.59 Å². The molecule has 136 valence electrons. The van der Waals surface area contributed by atoms with E-state index in [2.05, 4.69) is 27.7 Å². The van der Waals surface area contributed by atoms with E-state index in [-0.39, 0.29) is 15.7 Å². The minimum absolute atomic E-state index is 0.0547. The zero-order valence-electron chi connectivity index (χ0n) is 15.3. The predicted octanol–water partition coefficient (Wildman–Crippen LogP) is 5.16. The molecule has 5 heteroatoms. The molecule has 3 rings (SSSR count). The monoisotopic (exact) mass is 370 g/mol. The normalized spacial score (nSPS) is 17.2. The molecule has 0 saturated carbocycles. The van der Waals surface area contributed by atoms with Crippen molar-refractivity contribution in [2.75, 3.05) is 0 Å². The molecule has 0 spiro atoms. The van der Waals surface area contributed by atoms with Crippen LogP contribution in [0.25, 0.3) is 0 Å². The first kappa shape index (κ1) is 18.5. The second kappa shape index (κ2) is 6.47. The van der Waals surface area contributed by atoms with Gasteiger partial charge in [-0.3, -0.25) is 0 Å². The lowest BCUT2D eigenvalue weighted by Crippen LogP contribution is -2.33. The molecule has 0 amide bonds. The first-order chi connectivity index (χ1) is 12.1. The van der Waals surface area contributed by atoms with Crippen molar-refractivity contribution >= 4 is 23.7 Å². The Morgan fingerprint density at radius 3 is 2.23 bits per heavy atom. The van der Waals surface area contributed by atoms with Gasteiger partial charge < -0.3 is 9.84 Å². The Bertz CT molecular complexity index is 866. The van der Waals surface area contributed by atoms with Gasteiger partial charge in [0.15, 0.2) is 0 Å². The summed E-state index contributed by atoms with van der Waals surface area (Å²) >= 11 is 1.79. The van der Waals surface area contributed by atoms with E-state index in [9.17, 15) is 9.59 Å². The fourth-order valence-electron chi connectivity index (χ4n) is 3.62. The standard InChI is InChI=1S/C21H22O4S/c1-20(2)12-21(3,4)26-17-11-14(7-10-16(17)20)19(24)25-15-8-5-13(6-9-15)18(22)23/h5-11H,12H2,1-4H3,(H,22,23). The van der Waals surface area contributed by atoms with Crippen LogP contribution in [0, 0.1) is 0 Å². The summed E-state index contributed by atoms with van der Waals surface area (Å²) in [4.78, 5) is 24.5. The number of aromatic carboxylic acids is 1. The van der Waals surface area contributed by atoms with E-state index in [1.807, 2.05) is 12.1 Å². The number of benzene rings is 2. The van der Waals surface area contributed by atoms with Crippen LogP contribution in [0.15, 0.2) is 47.4 Å². The summed E-state index contributed by atoms with van der Waals surface area (Å²) in [5.74, 6) is -1.14. The number of thioether (sulfide) groups is 1. The topological polar surface area (TPSA) is 63.6 Å². The number of hydrogen-bond acceptors (Lipinski definition) is 4. The van der Waals surface area contributed by atoms with Crippen LogP contribution in [-0.4, -0.2) is 21.8 Å². The van der Waals surface area contributed by atoms with E-state index in [0.29, 0.717) is 11.3 Å². The summed E-state index contributed by atoms with van der Waals surface area (Å²) in [6, 6.07) is 11.5. The third-order valence-corrected chi connectivity index (χ3v) is 5.77. The highest BCUT2D eigenvalue weighted by Crippen LogP contribution is 2.51. The Morgan fingerprint density at radius 2 is 1.62 bits per heavy atom. The molecular formula is C21H22O4S. The quantitative estimate of drug-likeness (QED) is 0.597. The average Bonchev–Trinajstić information content (AvgIpc) is 2.52. The van der Waals surface area contributed by atoms with Gasteiger partial charge in [-0.1, -0.05) is 33.8 Å². The van der Waals surface area contributed by atoms with Crippen LogP contribution in [0.5, 0.6) is 5.75 Å². The summed E-state index contributed by atoms with van der Waals surface area (Å²) in [5, 5.41) is 8.92. The van der Waals surface area contributed by atoms with Crippen LogP contribution in [0.2, 0.25) is 0 Å². The minimum atomic E-state index is -1.01. The Kier molecular flexibility index (Phi) is 4.61. The van der Waals surface area contributed by atoms with Gasteiger partial charge in [0.25, 0.3) is 0 Å². The van der Waals surface area contributed by atoms with Crippen molar-refractivity contribution in [1.29, 1.82) is 0 Å². The van der Waals surface area contributed by atoms with Crippen LogP contribution in [0.3, 0.4) is 0 Å². The smallest absolute Gasteiger partial charge is 0.343 e. The molecule has 0 fully saturated rings. The Hall–Kier alpha value is -2.27. The maximum atomic E-state index is 12.5. The number of carbonyl (C=O) groups is 2. The number of hydrogen-bond donors (Lipinski definition) is 1. The summed E-state index contributed by atoms with van der Waals surface area (Å²) in [6.45, 7) is 8.90. The van der Waals surface area contributed by atoms with Crippen molar-refractivity contribution in [2.24, 2.45) is 0 Å². The average molecular weight is 370 g/mol. The lowest BCUT2D eigenvalue weighted by atomic mass is 9.77. The molecule has 0 radical (unpaired) electrons. The van der Waals surface area contributed by atoms with E-state index in [1.54, 1.807) is 17.8 Å². The highest BCUT2D eigenvalue weighted by Gasteiger charge is 2.38. The number of rotatable bonds is 3. The summed E-state index contributed by atoms with van der Waals surface area (Å²) in [6.07, 6.45) is 1.07. The van der Waals surface area contributed by atoms with E-state index in [4.69, 9.17) is 9.84 Å². The lowest BCUT2D eigenvalue weighted by molar-refractivity contribution is 0.0696. The third kappa shape index (κ3) is 3.78. The zero-order valence-corrected chi connectivity index (χ0v) is 16.1. The first-order valence-corrected chi connectivity index (χ1v) is 9.28. The largest absolute Gasteiger partial charge is 0.478 e. The van der Waals surface area contributed by atoms with Crippen LogP contribution < -0.4 is 4.74 Å². The summed E-state index contributed by atoms with van der Waals surface area (Å²) in [5.41, 5.74) is 1.95. The molecule has 0 bridgehead atoms. The van der Waals surface area contributed by atoms with Gasteiger partial charge in [0.05, 0.1) is 11.1 Å². The maximum Gasteiger partial charge on any atom is 0.343 e. The Labute approximate surface area is 157 Å². The fourth-order valence-corrected chi connectivity index (χ4v) is 5.29. The van der Waals surface area contributed by atoms with Crippen molar-refractivity contribution in [3.8, 4) is 5.75 Å². The number of esters is 1. The maximum absolute atomic E-state index is 12.5. The molecule has 2 aromatic carbocycles. The molecule has 0 saturated heterocycles. The molecule has 0 aromatic heterocycles. The Morgan fingerprint density at radius 1 is 1.00 bits per heavy atom. The van der Waals surface area contributed by atoms with E-state index >= 15 is 0 Å². The lowest BCUT2D eigenvalue weighted by Gasteiger charge is -2.41. The van der Waals surface area contributed by atoms with E-state index in [1.165, 1.54) is 29.8 Å². The van der Waals surface area contributed by atoms with Crippen LogP contribution in [-0.2, 0) is 5.41 Å². The van der Waals surface area contributed by atoms with Gasteiger partial charge >= 0.3 is 11.9 Å². The molecule has 4 nitrogen and oxygen atoms in total. The molecular weight excluding hydrogens is 348 g/mol. The van der Waals surface area contributed by atoms with Crippen LogP contribution in [0.1, 0.15) is 60.4 Å². The number of fused-ring (bicyclic) bond motifs is 1. The minimum Gasteiger partial charge on any atom is -0.478 e. The van der Waals surface area contributed by atoms with Gasteiger partial charge in [-0.05, 0) is 53.8 Å². The number of carbonyl (C=O) groups excluding carboxylic acids is 1. The van der Waals surface area contributed by atoms with E-state index in [0.717, 1.165) is 11.3 Å². The number of carboxylic acids is 1. The first-order valence-electron chi connectivity index (χ1n) is 8.46. The molecule has 1 aliphatic heterocycles. The second-order valence-corrected chi connectivity index (χ2v) is 9.60. The molecule has 1 N–H and O–H groups in total. The molecule has 26 heavy (non-hydrogen) atoms. The van der Waals surface area contributed by atoms with Gasteiger partial charge in [0, 0.05) is 9.64 Å². The van der Waals surface area contributed by atoms with Crippen LogP contribution >= 0.6 is 11.8 Å². The van der Waals surface area contributed by atoms with E-state index < -0.39 is 11.9 Å². The molecule has 2 aromatic rings. The second-order valence-electron chi connectivity index (χ2n) is 7.85. The van der Waals surface area contributed by atoms with Crippen molar-refractivity contribution in [1.82, 2.24) is 0 Å². The van der Waals surface area contributed by atoms with Gasteiger partial charge in [-0.2, -0.15) is 0 Å². The SMILES string of the molecule is CC1(C)CC(C)(C)c2ccc(C(=O)Oc3ccc(C(=O)O)cc3)cc2S1. The predicted molar refractivity (Wildman–Crippen MR) is 102 cm³/mol. The zero-order chi connectivity index (χ0) is 19.1. The summed E-state index contributed by atoms with van der Waals surface area (Å²) in [7, 11) is 0. The highest BCUT2D eigenvalue weighted by molar-refractivity contribution is 8.00. The van der Waals surface area contributed by atoms with Crippen molar-refractivity contribution in [3.63, 3.8) is 0 Å². The molecule has 0 aliphatic carbocycles. The molecule has 1 aliphatic rings. The van der Waals surface area contributed by atoms with Crippen molar-refractivity contribution in [2.45, 2.75) is 49.2 Å². The van der Waals surface area contributed by atoms with Gasteiger partial charge in [0.1, 0.15) is 5.75 Å². The van der Waals surface area contributed by atoms with Gasteiger partial charge in [-0.15, -0.1) is 11.8 Å². The molecule has 0 unspecified atom stereocenters. The van der Waals surface area contributed by atoms with Crippen molar-refractivity contribution < 1.29 is 19.4 Å². The molecule has 0 atom stereocenters. The van der Waals surface area contributed by atoms with Crippen LogP contribution in [0.4, 0.5) is 0 Å². The fraction of sp³-hybridized carbons (Fsp3) is 0.333. The van der Waals surface area contributed by atoms with Crippen molar-refractivity contribution in [3.05, 3.63) is 59.2 Å². The number of carboxylic acid groups (broad SMARTS) is 1. The Balaban J connectivity index is 1.84. The molecule has 1 heterocycles.